The van der Waals surface area contributed by atoms with Crippen LogP contribution >= 0.6 is 11.6 Å². The highest BCUT2D eigenvalue weighted by Crippen LogP contribution is 2.20. The normalized spacial score (nSPS) is 12.4. The molecule has 0 aliphatic carbocycles. The lowest BCUT2D eigenvalue weighted by Crippen LogP contribution is -2.11. The van der Waals surface area contributed by atoms with Gasteiger partial charge in [0.25, 0.3) is 0 Å². The van der Waals surface area contributed by atoms with Crippen LogP contribution in [0, 0.1) is 5.82 Å². The molecule has 1 aromatic carbocycles. The van der Waals surface area contributed by atoms with Gasteiger partial charge in [-0.2, -0.15) is 0 Å². The second-order valence-corrected chi connectivity index (χ2v) is 4.69. The van der Waals surface area contributed by atoms with E-state index in [0.717, 1.165) is 0 Å². The zero-order valence-corrected chi connectivity index (χ0v) is 9.15. The molecule has 0 saturated heterocycles. The summed E-state index contributed by atoms with van der Waals surface area (Å²) in [6.45, 7) is 0. The van der Waals surface area contributed by atoms with Crippen molar-refractivity contribution in [1.82, 2.24) is 0 Å². The summed E-state index contributed by atoms with van der Waals surface area (Å²) in [7, 11) is -1.65. The number of carbonyl (C=O) groups is 1. The number of rotatable bonds is 4. The van der Waals surface area contributed by atoms with E-state index in [0.29, 0.717) is 0 Å². The van der Waals surface area contributed by atoms with Gasteiger partial charge in [-0.05, 0) is 12.1 Å². The van der Waals surface area contributed by atoms with Crippen LogP contribution in [0.3, 0.4) is 0 Å². The van der Waals surface area contributed by atoms with Gasteiger partial charge in [-0.15, -0.1) is 0 Å². The van der Waals surface area contributed by atoms with E-state index in [1.165, 1.54) is 18.2 Å². The summed E-state index contributed by atoms with van der Waals surface area (Å²) in [5, 5.41) is 8.54. The molecular formula is C9H8ClFO3S. The van der Waals surface area contributed by atoms with Gasteiger partial charge < -0.3 is 5.11 Å². The van der Waals surface area contributed by atoms with Crippen molar-refractivity contribution in [1.29, 1.82) is 0 Å². The Hall–Kier alpha value is -0.940. The van der Waals surface area contributed by atoms with Crippen molar-refractivity contribution in [2.24, 2.45) is 0 Å². The van der Waals surface area contributed by atoms with Gasteiger partial charge >= 0.3 is 5.97 Å². The average Bonchev–Trinajstić information content (AvgIpc) is 2.10. The van der Waals surface area contributed by atoms with Crippen LogP contribution in [0.4, 0.5) is 4.39 Å². The molecule has 82 valence electrons. The number of aliphatic carboxylic acids is 1. The van der Waals surface area contributed by atoms with Gasteiger partial charge in [0.05, 0.1) is 5.75 Å². The predicted octanol–water partition coefficient (Wildman–Crippen LogP) is 1.81. The zero-order chi connectivity index (χ0) is 11.4. The Kier molecular flexibility index (Phi) is 4.23. The molecule has 0 spiro atoms. The smallest absolute Gasteiger partial charge is 0.316 e. The van der Waals surface area contributed by atoms with Crippen LogP contribution < -0.4 is 0 Å². The number of hydrogen-bond acceptors (Lipinski definition) is 2. The highest BCUT2D eigenvalue weighted by Gasteiger charge is 2.12. The van der Waals surface area contributed by atoms with Crippen LogP contribution in [-0.2, 0) is 21.3 Å². The fraction of sp³-hybridized carbons (Fsp3) is 0.222. The van der Waals surface area contributed by atoms with Crippen LogP contribution in [0.5, 0.6) is 0 Å². The molecule has 1 aromatic rings. The molecule has 15 heavy (non-hydrogen) atoms. The summed E-state index contributed by atoms with van der Waals surface area (Å²) in [5.74, 6) is -2.44. The Morgan fingerprint density at radius 2 is 2.20 bits per heavy atom. The Morgan fingerprint density at radius 3 is 2.73 bits per heavy atom. The Balaban J connectivity index is 2.80. The first-order valence-corrected chi connectivity index (χ1v) is 5.87. The monoisotopic (exact) mass is 250 g/mol. The van der Waals surface area contributed by atoms with Gasteiger partial charge in [-0.1, -0.05) is 17.7 Å². The SMILES string of the molecule is O=C(O)CS(=O)Cc1c(F)cccc1Cl. The quantitative estimate of drug-likeness (QED) is 0.887. The summed E-state index contributed by atoms with van der Waals surface area (Å²) in [6, 6.07) is 4.10. The second kappa shape index (κ2) is 5.23. The van der Waals surface area contributed by atoms with E-state index < -0.39 is 28.3 Å². The molecule has 0 aromatic heterocycles. The van der Waals surface area contributed by atoms with E-state index in [9.17, 15) is 13.4 Å². The number of halogens is 2. The highest BCUT2D eigenvalue weighted by molar-refractivity contribution is 7.84. The van der Waals surface area contributed by atoms with Crippen molar-refractivity contribution >= 4 is 28.4 Å². The van der Waals surface area contributed by atoms with Crippen LogP contribution in [0.15, 0.2) is 18.2 Å². The number of carboxylic acid groups (broad SMARTS) is 1. The minimum atomic E-state index is -1.65. The summed E-state index contributed by atoms with van der Waals surface area (Å²) in [5.41, 5.74) is 0.0961. The Labute approximate surface area is 93.3 Å². The molecule has 6 heteroatoms. The molecule has 1 rings (SSSR count). The van der Waals surface area contributed by atoms with Gasteiger partial charge in [0.2, 0.25) is 0 Å². The molecule has 0 saturated carbocycles. The van der Waals surface area contributed by atoms with Gasteiger partial charge in [0.15, 0.2) is 0 Å². The summed E-state index contributed by atoms with van der Waals surface area (Å²) >= 11 is 5.69. The van der Waals surface area contributed by atoms with E-state index in [2.05, 4.69) is 0 Å². The standard InChI is InChI=1S/C9H8ClFO3S/c10-7-2-1-3-8(11)6(7)4-15(14)5-9(12)13/h1-3H,4-5H2,(H,12,13). The second-order valence-electron chi connectivity index (χ2n) is 2.82. The van der Waals surface area contributed by atoms with Crippen molar-refractivity contribution in [3.8, 4) is 0 Å². The van der Waals surface area contributed by atoms with Crippen molar-refractivity contribution in [2.45, 2.75) is 5.75 Å². The maximum absolute atomic E-state index is 13.2. The van der Waals surface area contributed by atoms with Crippen LogP contribution in [0.2, 0.25) is 5.02 Å². The molecule has 0 aliphatic heterocycles. The minimum Gasteiger partial charge on any atom is -0.481 e. The first-order valence-electron chi connectivity index (χ1n) is 4.00. The molecule has 3 nitrogen and oxygen atoms in total. The third kappa shape index (κ3) is 3.60. The van der Waals surface area contributed by atoms with Crippen molar-refractivity contribution in [3.63, 3.8) is 0 Å². The minimum absolute atomic E-state index is 0.0961. The van der Waals surface area contributed by atoms with E-state index in [1.807, 2.05) is 0 Å². The molecule has 0 heterocycles. The number of hydrogen-bond donors (Lipinski definition) is 1. The third-order valence-electron chi connectivity index (χ3n) is 1.65. The van der Waals surface area contributed by atoms with Crippen LogP contribution in [0.1, 0.15) is 5.56 Å². The van der Waals surface area contributed by atoms with Crippen LogP contribution in [0.25, 0.3) is 0 Å². The van der Waals surface area contributed by atoms with E-state index in [4.69, 9.17) is 16.7 Å². The highest BCUT2D eigenvalue weighted by atomic mass is 35.5. The number of benzene rings is 1. The molecule has 0 amide bonds. The fourth-order valence-electron chi connectivity index (χ4n) is 1.02. The van der Waals surface area contributed by atoms with Gasteiger partial charge in [0, 0.05) is 21.4 Å². The van der Waals surface area contributed by atoms with E-state index >= 15 is 0 Å². The molecule has 0 aliphatic rings. The Bertz CT molecular complexity index is 388. The topological polar surface area (TPSA) is 54.4 Å². The van der Waals surface area contributed by atoms with Gasteiger partial charge in [-0.3, -0.25) is 9.00 Å². The molecule has 0 radical (unpaired) electrons. The largest absolute Gasteiger partial charge is 0.481 e. The van der Waals surface area contributed by atoms with Crippen LogP contribution in [-0.4, -0.2) is 21.0 Å². The third-order valence-corrected chi connectivity index (χ3v) is 3.19. The molecule has 0 fully saturated rings. The number of carboxylic acids is 1. The van der Waals surface area contributed by atoms with E-state index in [1.54, 1.807) is 0 Å². The molecule has 1 N–H and O–H groups in total. The molecular weight excluding hydrogens is 243 g/mol. The molecule has 1 unspecified atom stereocenters. The average molecular weight is 251 g/mol. The molecule has 0 bridgehead atoms. The zero-order valence-electron chi connectivity index (χ0n) is 7.57. The Morgan fingerprint density at radius 1 is 1.53 bits per heavy atom. The van der Waals surface area contributed by atoms with Gasteiger partial charge in [-0.25, -0.2) is 4.39 Å². The lowest BCUT2D eigenvalue weighted by atomic mass is 10.2. The first kappa shape index (κ1) is 12.1. The van der Waals surface area contributed by atoms with Gasteiger partial charge in [0.1, 0.15) is 11.6 Å². The summed E-state index contributed by atoms with van der Waals surface area (Å²) < 4.78 is 24.4. The maximum Gasteiger partial charge on any atom is 0.316 e. The maximum atomic E-state index is 13.2. The van der Waals surface area contributed by atoms with Crippen molar-refractivity contribution in [2.75, 3.05) is 5.75 Å². The van der Waals surface area contributed by atoms with Crippen molar-refractivity contribution in [3.05, 3.63) is 34.6 Å². The lowest BCUT2D eigenvalue weighted by Gasteiger charge is -2.04. The lowest BCUT2D eigenvalue weighted by molar-refractivity contribution is -0.133. The van der Waals surface area contributed by atoms with Crippen molar-refractivity contribution < 1.29 is 18.5 Å². The summed E-state index contributed by atoms with van der Waals surface area (Å²) in [4.78, 5) is 10.2. The predicted molar refractivity (Wildman–Crippen MR) is 55.8 cm³/mol. The summed E-state index contributed by atoms with van der Waals surface area (Å²) in [6.07, 6.45) is 0. The first-order chi connectivity index (χ1) is 7.00. The fourth-order valence-corrected chi connectivity index (χ4v) is 2.32. The van der Waals surface area contributed by atoms with E-state index in [-0.39, 0.29) is 16.3 Å². The molecule has 1 atom stereocenters.